The van der Waals surface area contributed by atoms with E-state index in [2.05, 4.69) is 42.2 Å². The van der Waals surface area contributed by atoms with Gasteiger partial charge in [0.05, 0.1) is 0 Å². The summed E-state index contributed by atoms with van der Waals surface area (Å²) in [5.41, 5.74) is 9.73. The van der Waals surface area contributed by atoms with Crippen LogP contribution in [0.5, 0.6) is 0 Å². The molecule has 0 aliphatic carbocycles. The summed E-state index contributed by atoms with van der Waals surface area (Å²) >= 11 is 6.15. The molecule has 0 saturated heterocycles. The van der Waals surface area contributed by atoms with E-state index in [1.165, 1.54) is 16.8 Å². The highest BCUT2D eigenvalue weighted by Crippen LogP contribution is 2.26. The Morgan fingerprint density at radius 1 is 1.14 bits per heavy atom. The molecule has 2 rings (SSSR count). The number of hydrogen-bond acceptors (Lipinski definition) is 2. The van der Waals surface area contributed by atoms with E-state index >= 15 is 0 Å². The van der Waals surface area contributed by atoms with E-state index < -0.39 is 0 Å². The summed E-state index contributed by atoms with van der Waals surface area (Å²) in [6, 6.07) is 16.7. The summed E-state index contributed by atoms with van der Waals surface area (Å²) in [5, 5.41) is 0.769. The number of hydrogen-bond donors (Lipinski definition) is 1. The molecule has 2 aromatic rings. The largest absolute Gasteiger partial charge is 0.367 e. The molecule has 2 nitrogen and oxygen atoms in total. The van der Waals surface area contributed by atoms with Gasteiger partial charge < -0.3 is 10.6 Å². The maximum Gasteiger partial charge on any atom is 0.0429 e. The van der Waals surface area contributed by atoms with Gasteiger partial charge in [-0.05, 0) is 49.6 Å². The van der Waals surface area contributed by atoms with Crippen molar-refractivity contribution in [3.8, 4) is 0 Å². The second-order valence-electron chi connectivity index (χ2n) is 5.45. The number of rotatable bonds is 6. The monoisotopic (exact) mass is 302 g/mol. The molecule has 0 aliphatic rings. The average Bonchev–Trinajstić information content (AvgIpc) is 2.46. The second-order valence-corrected chi connectivity index (χ2v) is 5.89. The van der Waals surface area contributed by atoms with Crippen LogP contribution in [0.3, 0.4) is 0 Å². The first-order chi connectivity index (χ1) is 10.1. The van der Waals surface area contributed by atoms with Crippen molar-refractivity contribution in [2.24, 2.45) is 5.73 Å². The van der Waals surface area contributed by atoms with Crippen LogP contribution in [0.2, 0.25) is 5.02 Å². The molecule has 0 amide bonds. The van der Waals surface area contributed by atoms with Crippen LogP contribution in [0.4, 0.5) is 5.69 Å². The Bertz CT molecular complexity index is 567. The van der Waals surface area contributed by atoms with Crippen molar-refractivity contribution in [1.82, 2.24) is 0 Å². The van der Waals surface area contributed by atoms with Gasteiger partial charge in [-0.3, -0.25) is 0 Å². The van der Waals surface area contributed by atoms with E-state index in [1.54, 1.807) is 0 Å². The summed E-state index contributed by atoms with van der Waals surface area (Å²) in [4.78, 5) is 2.36. The van der Waals surface area contributed by atoms with E-state index in [4.69, 9.17) is 17.3 Å². The van der Waals surface area contributed by atoms with Gasteiger partial charge in [0.15, 0.2) is 0 Å². The minimum atomic E-state index is 0.123. The van der Waals surface area contributed by atoms with Gasteiger partial charge in [0.2, 0.25) is 0 Å². The lowest BCUT2D eigenvalue weighted by Gasteiger charge is -2.26. The third-order valence-electron chi connectivity index (χ3n) is 3.52. The summed E-state index contributed by atoms with van der Waals surface area (Å²) < 4.78 is 0. The molecule has 0 aliphatic heterocycles. The van der Waals surface area contributed by atoms with Crippen LogP contribution in [0.15, 0.2) is 48.5 Å². The van der Waals surface area contributed by atoms with E-state index in [0.29, 0.717) is 0 Å². The Kier molecular flexibility index (Phi) is 5.66. The van der Waals surface area contributed by atoms with Crippen LogP contribution >= 0.6 is 11.6 Å². The van der Waals surface area contributed by atoms with Gasteiger partial charge in [-0.15, -0.1) is 0 Å². The van der Waals surface area contributed by atoms with Crippen molar-refractivity contribution in [1.29, 1.82) is 0 Å². The van der Waals surface area contributed by atoms with Crippen molar-refractivity contribution in [2.75, 3.05) is 11.4 Å². The smallest absolute Gasteiger partial charge is 0.0429 e. The lowest BCUT2D eigenvalue weighted by atomic mass is 10.0. The van der Waals surface area contributed by atoms with Crippen LogP contribution in [0, 0.1) is 0 Å². The quantitative estimate of drug-likeness (QED) is 0.864. The zero-order valence-corrected chi connectivity index (χ0v) is 13.5. The molecule has 0 heterocycles. The third kappa shape index (κ3) is 4.48. The number of anilines is 1. The van der Waals surface area contributed by atoms with Crippen molar-refractivity contribution in [3.05, 3.63) is 64.7 Å². The van der Waals surface area contributed by atoms with Gasteiger partial charge in [-0.1, -0.05) is 41.9 Å². The summed E-state index contributed by atoms with van der Waals surface area (Å²) in [7, 11) is 0. The highest BCUT2D eigenvalue weighted by Gasteiger charge is 2.12. The van der Waals surface area contributed by atoms with Crippen molar-refractivity contribution >= 4 is 17.3 Å². The minimum absolute atomic E-state index is 0.123. The molecular weight excluding hydrogens is 280 g/mol. The number of benzene rings is 2. The number of nitrogens with two attached hydrogens (primary N) is 1. The van der Waals surface area contributed by atoms with E-state index in [0.717, 1.165) is 24.5 Å². The zero-order valence-electron chi connectivity index (χ0n) is 12.7. The van der Waals surface area contributed by atoms with E-state index in [9.17, 15) is 0 Å². The lowest BCUT2D eigenvalue weighted by molar-refractivity contribution is 0.729. The molecule has 21 heavy (non-hydrogen) atoms. The molecule has 2 aromatic carbocycles. The SMILES string of the molecule is CCN(Cc1ccccc1)c1ccc(Cl)cc1CC(C)N. The fraction of sp³-hybridized carbons (Fsp3) is 0.333. The second kappa shape index (κ2) is 7.48. The molecular formula is C18H23ClN2. The maximum absolute atomic E-state index is 6.15. The summed E-state index contributed by atoms with van der Waals surface area (Å²) in [5.74, 6) is 0. The highest BCUT2D eigenvalue weighted by atomic mass is 35.5. The molecule has 0 spiro atoms. The third-order valence-corrected chi connectivity index (χ3v) is 3.76. The maximum atomic E-state index is 6.15. The van der Waals surface area contributed by atoms with Crippen molar-refractivity contribution in [3.63, 3.8) is 0 Å². The highest BCUT2D eigenvalue weighted by molar-refractivity contribution is 6.30. The fourth-order valence-electron chi connectivity index (χ4n) is 2.54. The van der Waals surface area contributed by atoms with Crippen LogP contribution in [0.1, 0.15) is 25.0 Å². The van der Waals surface area contributed by atoms with Crippen molar-refractivity contribution < 1.29 is 0 Å². The molecule has 0 saturated carbocycles. The van der Waals surface area contributed by atoms with Crippen LogP contribution in [-0.4, -0.2) is 12.6 Å². The van der Waals surface area contributed by atoms with Crippen LogP contribution < -0.4 is 10.6 Å². The van der Waals surface area contributed by atoms with E-state index in [-0.39, 0.29) is 6.04 Å². The van der Waals surface area contributed by atoms with E-state index in [1.807, 2.05) is 25.1 Å². The topological polar surface area (TPSA) is 29.3 Å². The van der Waals surface area contributed by atoms with Crippen molar-refractivity contribution in [2.45, 2.75) is 32.9 Å². The molecule has 0 bridgehead atoms. The van der Waals surface area contributed by atoms with Gasteiger partial charge in [0.1, 0.15) is 0 Å². The van der Waals surface area contributed by atoms with Gasteiger partial charge in [0, 0.05) is 29.8 Å². The number of halogens is 1. The lowest BCUT2D eigenvalue weighted by Crippen LogP contribution is -2.25. The molecule has 0 fully saturated rings. The molecule has 0 aromatic heterocycles. The first-order valence-corrected chi connectivity index (χ1v) is 7.80. The van der Waals surface area contributed by atoms with Crippen LogP contribution in [0.25, 0.3) is 0 Å². The zero-order chi connectivity index (χ0) is 15.2. The average molecular weight is 303 g/mol. The van der Waals surface area contributed by atoms with Gasteiger partial charge in [-0.25, -0.2) is 0 Å². The summed E-state index contributed by atoms with van der Waals surface area (Å²) in [6.45, 7) is 6.04. The molecule has 1 atom stereocenters. The van der Waals surface area contributed by atoms with Crippen LogP contribution in [-0.2, 0) is 13.0 Å². The Morgan fingerprint density at radius 2 is 1.86 bits per heavy atom. The molecule has 0 radical (unpaired) electrons. The molecule has 2 N–H and O–H groups in total. The normalized spacial score (nSPS) is 12.2. The number of nitrogens with zero attached hydrogens (tertiary/aromatic N) is 1. The molecule has 1 unspecified atom stereocenters. The standard InChI is InChI=1S/C18H23ClN2/c1-3-21(13-15-7-5-4-6-8-15)18-10-9-17(19)12-16(18)11-14(2)20/h4-10,12,14H,3,11,13,20H2,1-2H3. The Morgan fingerprint density at radius 3 is 2.48 bits per heavy atom. The Balaban J connectivity index is 2.28. The Hall–Kier alpha value is -1.51. The fourth-order valence-corrected chi connectivity index (χ4v) is 2.74. The first kappa shape index (κ1) is 15.9. The predicted octanol–water partition coefficient (Wildman–Crippen LogP) is 4.26. The van der Waals surface area contributed by atoms with Gasteiger partial charge >= 0.3 is 0 Å². The molecule has 3 heteroatoms. The van der Waals surface area contributed by atoms with Gasteiger partial charge in [0.25, 0.3) is 0 Å². The Labute approximate surface area is 132 Å². The molecule has 112 valence electrons. The summed E-state index contributed by atoms with van der Waals surface area (Å²) in [6.07, 6.45) is 0.835. The predicted molar refractivity (Wildman–Crippen MR) is 92.0 cm³/mol. The minimum Gasteiger partial charge on any atom is -0.367 e. The first-order valence-electron chi connectivity index (χ1n) is 7.43. The van der Waals surface area contributed by atoms with Gasteiger partial charge in [-0.2, -0.15) is 0 Å².